The Morgan fingerprint density at radius 1 is 1.50 bits per heavy atom. The van der Waals surface area contributed by atoms with Gasteiger partial charge in [0.2, 0.25) is 5.91 Å². The molecule has 0 bridgehead atoms. The third-order valence-electron chi connectivity index (χ3n) is 5.63. The molecule has 1 N–H and O–H groups in total. The fourth-order valence-corrected chi connectivity index (χ4v) is 4.09. The molecule has 6 heteroatoms. The second-order valence-corrected chi connectivity index (χ2v) is 7.21. The van der Waals surface area contributed by atoms with E-state index in [0.29, 0.717) is 13.2 Å². The van der Waals surface area contributed by atoms with Crippen LogP contribution in [-0.4, -0.2) is 41.8 Å². The van der Waals surface area contributed by atoms with Crippen LogP contribution in [0.2, 0.25) is 0 Å². The van der Waals surface area contributed by atoms with E-state index in [1.807, 2.05) is 17.8 Å². The highest BCUT2D eigenvalue weighted by atomic mass is 16.5. The van der Waals surface area contributed by atoms with E-state index >= 15 is 0 Å². The van der Waals surface area contributed by atoms with Crippen molar-refractivity contribution in [2.75, 3.05) is 20.3 Å². The molecule has 2 unspecified atom stereocenters. The van der Waals surface area contributed by atoms with Crippen molar-refractivity contribution in [1.29, 1.82) is 0 Å². The standard InChI is InChI=1S/C18H29N3O3/c1-21-13-19-12-15(21)16-11-14(5-9-24-16)20-17(22)18(8-10-23-2)6-3-4-7-18/h12-14,16H,3-11H2,1-2H3,(H,20,22). The monoisotopic (exact) mass is 335 g/mol. The van der Waals surface area contributed by atoms with Crippen molar-refractivity contribution in [2.24, 2.45) is 12.5 Å². The van der Waals surface area contributed by atoms with Crippen molar-refractivity contribution in [3.8, 4) is 0 Å². The minimum Gasteiger partial charge on any atom is -0.385 e. The van der Waals surface area contributed by atoms with E-state index in [-0.39, 0.29) is 23.5 Å². The van der Waals surface area contributed by atoms with E-state index in [1.165, 1.54) is 0 Å². The molecule has 2 atom stereocenters. The Morgan fingerprint density at radius 2 is 2.29 bits per heavy atom. The van der Waals surface area contributed by atoms with Crippen molar-refractivity contribution < 1.29 is 14.3 Å². The smallest absolute Gasteiger partial charge is 0.226 e. The molecule has 2 fully saturated rings. The van der Waals surface area contributed by atoms with Crippen LogP contribution < -0.4 is 5.32 Å². The van der Waals surface area contributed by atoms with Gasteiger partial charge in [-0.3, -0.25) is 4.79 Å². The average molecular weight is 335 g/mol. The van der Waals surface area contributed by atoms with Gasteiger partial charge in [-0.1, -0.05) is 12.8 Å². The van der Waals surface area contributed by atoms with Gasteiger partial charge >= 0.3 is 0 Å². The highest BCUT2D eigenvalue weighted by Gasteiger charge is 2.41. The van der Waals surface area contributed by atoms with Gasteiger partial charge in [-0.25, -0.2) is 4.98 Å². The van der Waals surface area contributed by atoms with Crippen LogP contribution in [0, 0.1) is 5.41 Å². The van der Waals surface area contributed by atoms with Gasteiger partial charge in [0.05, 0.1) is 23.6 Å². The number of aryl methyl sites for hydroxylation is 1. The third-order valence-corrected chi connectivity index (χ3v) is 5.63. The molecular weight excluding hydrogens is 306 g/mol. The lowest BCUT2D eigenvalue weighted by Crippen LogP contribution is -2.47. The molecule has 3 rings (SSSR count). The van der Waals surface area contributed by atoms with Crippen molar-refractivity contribution in [3.63, 3.8) is 0 Å². The number of aromatic nitrogens is 2. The number of ether oxygens (including phenoxy) is 2. The second kappa shape index (κ2) is 7.66. The Hall–Kier alpha value is -1.40. The number of nitrogens with zero attached hydrogens (tertiary/aromatic N) is 2. The van der Waals surface area contributed by atoms with Gasteiger partial charge in [-0.15, -0.1) is 0 Å². The number of amides is 1. The highest BCUT2D eigenvalue weighted by Crippen LogP contribution is 2.41. The first kappa shape index (κ1) is 17.4. The number of nitrogens with one attached hydrogen (secondary N) is 1. The van der Waals surface area contributed by atoms with Gasteiger partial charge in [0, 0.05) is 33.4 Å². The summed E-state index contributed by atoms with van der Waals surface area (Å²) in [5.41, 5.74) is 0.847. The van der Waals surface area contributed by atoms with Gasteiger partial charge in [-0.2, -0.15) is 0 Å². The lowest BCUT2D eigenvalue weighted by atomic mass is 9.81. The van der Waals surface area contributed by atoms with Crippen LogP contribution in [0.5, 0.6) is 0 Å². The molecule has 1 aromatic rings. The lowest BCUT2D eigenvalue weighted by molar-refractivity contribution is -0.133. The quantitative estimate of drug-likeness (QED) is 0.867. The van der Waals surface area contributed by atoms with Crippen LogP contribution in [0.1, 0.15) is 56.7 Å². The van der Waals surface area contributed by atoms with E-state index < -0.39 is 0 Å². The predicted molar refractivity (Wildman–Crippen MR) is 90.5 cm³/mol. The SMILES string of the molecule is COCCC1(C(=O)NC2CCOC(c3cncn3C)C2)CCCC1. The number of carbonyl (C=O) groups is 1. The van der Waals surface area contributed by atoms with E-state index in [9.17, 15) is 4.79 Å². The van der Waals surface area contributed by atoms with Crippen molar-refractivity contribution in [3.05, 3.63) is 18.2 Å². The highest BCUT2D eigenvalue weighted by molar-refractivity contribution is 5.83. The summed E-state index contributed by atoms with van der Waals surface area (Å²) in [5.74, 6) is 0.215. The number of hydrogen-bond donors (Lipinski definition) is 1. The summed E-state index contributed by atoms with van der Waals surface area (Å²) in [7, 11) is 3.68. The number of imidazole rings is 1. The van der Waals surface area contributed by atoms with E-state index in [1.54, 1.807) is 13.4 Å². The van der Waals surface area contributed by atoms with Gasteiger partial charge in [0.15, 0.2) is 0 Å². The van der Waals surface area contributed by atoms with E-state index in [2.05, 4.69) is 10.3 Å². The average Bonchev–Trinajstić information content (AvgIpc) is 3.23. The van der Waals surface area contributed by atoms with Crippen molar-refractivity contribution >= 4 is 5.91 Å². The van der Waals surface area contributed by atoms with Crippen LogP contribution in [0.3, 0.4) is 0 Å². The van der Waals surface area contributed by atoms with Gasteiger partial charge in [0.25, 0.3) is 0 Å². The zero-order valence-electron chi connectivity index (χ0n) is 14.8. The zero-order chi connectivity index (χ0) is 17.0. The molecule has 6 nitrogen and oxygen atoms in total. The summed E-state index contributed by atoms with van der Waals surface area (Å²) in [6.07, 6.45) is 10.4. The van der Waals surface area contributed by atoms with E-state index in [0.717, 1.165) is 50.6 Å². The molecule has 1 amide bonds. The van der Waals surface area contributed by atoms with Crippen molar-refractivity contribution in [1.82, 2.24) is 14.9 Å². The van der Waals surface area contributed by atoms with Gasteiger partial charge < -0.3 is 19.4 Å². The summed E-state index contributed by atoms with van der Waals surface area (Å²) in [6, 6.07) is 0.172. The summed E-state index contributed by atoms with van der Waals surface area (Å²) < 4.78 is 13.1. The molecular formula is C18H29N3O3. The molecule has 24 heavy (non-hydrogen) atoms. The molecule has 1 aromatic heterocycles. The summed E-state index contributed by atoms with van der Waals surface area (Å²) in [6.45, 7) is 1.32. The summed E-state index contributed by atoms with van der Waals surface area (Å²) in [4.78, 5) is 17.1. The minimum atomic E-state index is -0.226. The second-order valence-electron chi connectivity index (χ2n) is 7.21. The fraction of sp³-hybridized carbons (Fsp3) is 0.778. The molecule has 0 radical (unpaired) electrons. The molecule has 0 spiro atoms. The van der Waals surface area contributed by atoms with Crippen LogP contribution >= 0.6 is 0 Å². The van der Waals surface area contributed by atoms with Crippen LogP contribution in [0.15, 0.2) is 12.5 Å². The molecule has 2 heterocycles. The maximum absolute atomic E-state index is 13.0. The number of hydrogen-bond acceptors (Lipinski definition) is 4. The minimum absolute atomic E-state index is 0.00931. The third kappa shape index (κ3) is 3.64. The number of carbonyl (C=O) groups excluding carboxylic acids is 1. The Kier molecular flexibility index (Phi) is 5.56. The van der Waals surface area contributed by atoms with Crippen LogP contribution in [0.4, 0.5) is 0 Å². The molecule has 1 saturated carbocycles. The van der Waals surface area contributed by atoms with E-state index in [4.69, 9.17) is 9.47 Å². The summed E-state index contributed by atoms with van der Waals surface area (Å²) >= 11 is 0. The van der Waals surface area contributed by atoms with Crippen LogP contribution in [0.25, 0.3) is 0 Å². The molecule has 1 aliphatic heterocycles. The summed E-state index contributed by atoms with van der Waals surface area (Å²) in [5, 5.41) is 3.32. The molecule has 1 saturated heterocycles. The Bertz CT molecular complexity index is 551. The van der Waals surface area contributed by atoms with Gasteiger partial charge in [-0.05, 0) is 32.1 Å². The maximum atomic E-state index is 13.0. The Balaban J connectivity index is 1.62. The van der Waals surface area contributed by atoms with Gasteiger partial charge in [0.1, 0.15) is 6.10 Å². The Morgan fingerprint density at radius 3 is 2.96 bits per heavy atom. The zero-order valence-corrected chi connectivity index (χ0v) is 14.8. The predicted octanol–water partition coefficient (Wildman–Crippen LogP) is 2.35. The Labute approximate surface area is 143 Å². The number of rotatable bonds is 6. The first-order valence-corrected chi connectivity index (χ1v) is 9.02. The van der Waals surface area contributed by atoms with Crippen LogP contribution in [-0.2, 0) is 21.3 Å². The topological polar surface area (TPSA) is 65.4 Å². The maximum Gasteiger partial charge on any atom is 0.226 e. The molecule has 0 aromatic carbocycles. The first-order valence-electron chi connectivity index (χ1n) is 9.02. The largest absolute Gasteiger partial charge is 0.385 e. The lowest BCUT2D eigenvalue weighted by Gasteiger charge is -2.34. The molecule has 1 aliphatic carbocycles. The number of methoxy groups -OCH3 is 1. The fourth-order valence-electron chi connectivity index (χ4n) is 4.09. The molecule has 134 valence electrons. The van der Waals surface area contributed by atoms with Crippen molar-refractivity contribution in [2.45, 2.75) is 57.1 Å². The normalized spacial score (nSPS) is 26.4. The molecule has 2 aliphatic rings. The first-order chi connectivity index (χ1) is 11.6.